The molecular weight excluding hydrogens is 390 g/mol. The summed E-state index contributed by atoms with van der Waals surface area (Å²) in [4.78, 5) is 19.0. The van der Waals surface area contributed by atoms with Crippen molar-refractivity contribution < 1.29 is 17.6 Å². The summed E-state index contributed by atoms with van der Waals surface area (Å²) in [6.45, 7) is 1.18. The molecule has 0 bridgehead atoms. The lowest BCUT2D eigenvalue weighted by molar-refractivity contribution is 0.0717. The molecular formula is C21H21N3O4S. The van der Waals surface area contributed by atoms with Gasteiger partial charge in [-0.25, -0.2) is 8.42 Å². The number of benzene rings is 1. The molecule has 0 spiro atoms. The minimum absolute atomic E-state index is 0.162. The van der Waals surface area contributed by atoms with Crippen LogP contribution < -0.4 is 4.31 Å². The molecule has 0 saturated carbocycles. The van der Waals surface area contributed by atoms with Crippen molar-refractivity contribution in [3.63, 3.8) is 0 Å². The average molecular weight is 411 g/mol. The van der Waals surface area contributed by atoms with Gasteiger partial charge in [0.15, 0.2) is 0 Å². The van der Waals surface area contributed by atoms with Crippen LogP contribution in [0.25, 0.3) is 0 Å². The highest BCUT2D eigenvalue weighted by Crippen LogP contribution is 2.25. The van der Waals surface area contributed by atoms with Gasteiger partial charge in [0.05, 0.1) is 24.2 Å². The van der Waals surface area contributed by atoms with E-state index in [1.807, 2.05) is 18.2 Å². The first-order valence-electron chi connectivity index (χ1n) is 9.34. The van der Waals surface area contributed by atoms with E-state index in [1.165, 1.54) is 4.31 Å². The number of aromatic nitrogens is 1. The fourth-order valence-corrected chi connectivity index (χ4v) is 4.95. The van der Waals surface area contributed by atoms with Crippen molar-refractivity contribution in [1.29, 1.82) is 0 Å². The molecule has 29 heavy (non-hydrogen) atoms. The van der Waals surface area contributed by atoms with E-state index in [1.54, 1.807) is 53.9 Å². The molecule has 1 aliphatic rings. The van der Waals surface area contributed by atoms with Crippen molar-refractivity contribution in [3.8, 4) is 0 Å². The lowest BCUT2D eigenvalue weighted by Gasteiger charge is -2.22. The Hall–Kier alpha value is -3.13. The maximum absolute atomic E-state index is 13.2. The van der Waals surface area contributed by atoms with Crippen LogP contribution in [0.15, 0.2) is 71.6 Å². The zero-order valence-corrected chi connectivity index (χ0v) is 16.6. The second-order valence-electron chi connectivity index (χ2n) is 6.89. The number of nitrogens with zero attached hydrogens (tertiary/aromatic N) is 3. The van der Waals surface area contributed by atoms with Gasteiger partial charge in [0.1, 0.15) is 5.76 Å². The Morgan fingerprint density at radius 3 is 2.55 bits per heavy atom. The zero-order valence-electron chi connectivity index (χ0n) is 15.8. The van der Waals surface area contributed by atoms with E-state index >= 15 is 0 Å². The summed E-state index contributed by atoms with van der Waals surface area (Å²) in [5, 5.41) is 0. The molecule has 0 aliphatic carbocycles. The Balaban J connectivity index is 1.56. The Morgan fingerprint density at radius 1 is 1.10 bits per heavy atom. The number of furan rings is 1. The molecule has 3 heterocycles. The smallest absolute Gasteiger partial charge is 0.254 e. The van der Waals surface area contributed by atoms with Gasteiger partial charge < -0.3 is 9.32 Å². The molecule has 4 rings (SSSR count). The van der Waals surface area contributed by atoms with Gasteiger partial charge in [-0.15, -0.1) is 0 Å². The van der Waals surface area contributed by atoms with Crippen molar-refractivity contribution >= 4 is 21.6 Å². The van der Waals surface area contributed by atoms with Gasteiger partial charge >= 0.3 is 0 Å². The van der Waals surface area contributed by atoms with Crippen LogP contribution in [0, 0.1) is 0 Å². The molecule has 8 heteroatoms. The van der Waals surface area contributed by atoms with Crippen LogP contribution >= 0.6 is 0 Å². The highest BCUT2D eigenvalue weighted by molar-refractivity contribution is 7.93. The predicted octanol–water partition coefficient (Wildman–Crippen LogP) is 3.06. The zero-order chi connectivity index (χ0) is 20.3. The Bertz CT molecular complexity index is 1060. The number of pyridine rings is 1. The molecule has 1 amide bonds. The van der Waals surface area contributed by atoms with Gasteiger partial charge in [0.25, 0.3) is 5.91 Å². The van der Waals surface area contributed by atoms with Crippen molar-refractivity contribution in [2.75, 3.05) is 16.6 Å². The second kappa shape index (κ2) is 8.08. The molecule has 1 aliphatic heterocycles. The van der Waals surface area contributed by atoms with Gasteiger partial charge in [-0.3, -0.25) is 14.1 Å². The topological polar surface area (TPSA) is 83.7 Å². The molecule has 0 unspecified atom stereocenters. The summed E-state index contributed by atoms with van der Waals surface area (Å²) in [6, 6.07) is 14.1. The normalized spacial score (nSPS) is 15.4. The number of hydrogen-bond donors (Lipinski definition) is 0. The minimum Gasteiger partial charge on any atom is -0.467 e. The first kappa shape index (κ1) is 19.2. The molecule has 0 atom stereocenters. The van der Waals surface area contributed by atoms with Crippen LogP contribution in [0.4, 0.5) is 5.69 Å². The van der Waals surface area contributed by atoms with Crippen LogP contribution in [0.5, 0.6) is 0 Å². The number of sulfonamides is 1. The standard InChI is InChI=1S/C21H21N3O4S/c25-21(18-6-8-19(9-7-18)24-11-3-13-29(24,26)27)23(16-20-5-2-12-28-20)15-17-4-1-10-22-14-17/h1-2,4-10,12,14H,3,11,13,15-16H2. The molecule has 1 aromatic carbocycles. The second-order valence-corrected chi connectivity index (χ2v) is 8.90. The van der Waals surface area contributed by atoms with Gasteiger partial charge in [0, 0.05) is 31.0 Å². The lowest BCUT2D eigenvalue weighted by Crippen LogP contribution is -2.30. The number of anilines is 1. The predicted molar refractivity (Wildman–Crippen MR) is 109 cm³/mol. The summed E-state index contributed by atoms with van der Waals surface area (Å²) in [5.74, 6) is 0.679. The lowest BCUT2D eigenvalue weighted by atomic mass is 10.1. The first-order chi connectivity index (χ1) is 14.0. The van der Waals surface area contributed by atoms with Crippen LogP contribution in [0.3, 0.4) is 0 Å². The van der Waals surface area contributed by atoms with Crippen molar-refractivity contribution in [3.05, 3.63) is 84.1 Å². The van der Waals surface area contributed by atoms with E-state index in [0.29, 0.717) is 43.1 Å². The Labute approximate surface area is 169 Å². The van der Waals surface area contributed by atoms with E-state index in [2.05, 4.69) is 4.98 Å². The molecule has 0 N–H and O–H groups in total. The summed E-state index contributed by atoms with van der Waals surface area (Å²) in [5.41, 5.74) is 1.98. The van der Waals surface area contributed by atoms with E-state index < -0.39 is 10.0 Å². The third kappa shape index (κ3) is 4.32. The molecule has 7 nitrogen and oxygen atoms in total. The van der Waals surface area contributed by atoms with Crippen LogP contribution in [-0.4, -0.2) is 36.5 Å². The van der Waals surface area contributed by atoms with Gasteiger partial charge in [0.2, 0.25) is 10.0 Å². The largest absolute Gasteiger partial charge is 0.467 e. The maximum Gasteiger partial charge on any atom is 0.254 e. The van der Waals surface area contributed by atoms with Gasteiger partial charge in [-0.05, 0) is 54.4 Å². The summed E-state index contributed by atoms with van der Waals surface area (Å²) in [6.07, 6.45) is 5.61. The minimum atomic E-state index is -3.25. The molecule has 3 aromatic rings. The van der Waals surface area contributed by atoms with Gasteiger partial charge in [-0.2, -0.15) is 0 Å². The monoisotopic (exact) mass is 411 g/mol. The number of amides is 1. The van der Waals surface area contributed by atoms with Crippen molar-refractivity contribution in [1.82, 2.24) is 9.88 Å². The average Bonchev–Trinajstić information content (AvgIpc) is 3.37. The highest BCUT2D eigenvalue weighted by atomic mass is 32.2. The Kier molecular flexibility index (Phi) is 5.35. The third-order valence-corrected chi connectivity index (χ3v) is 6.68. The van der Waals surface area contributed by atoms with E-state index in [4.69, 9.17) is 4.42 Å². The third-order valence-electron chi connectivity index (χ3n) is 4.81. The molecule has 1 saturated heterocycles. The molecule has 2 aromatic heterocycles. The van der Waals surface area contributed by atoms with Crippen LogP contribution in [-0.2, 0) is 23.1 Å². The van der Waals surface area contributed by atoms with Gasteiger partial charge in [-0.1, -0.05) is 6.07 Å². The molecule has 150 valence electrons. The summed E-state index contributed by atoms with van der Waals surface area (Å²) in [7, 11) is -3.25. The van der Waals surface area contributed by atoms with E-state index in [-0.39, 0.29) is 11.7 Å². The molecule has 1 fully saturated rings. The van der Waals surface area contributed by atoms with E-state index in [0.717, 1.165) is 5.56 Å². The van der Waals surface area contributed by atoms with Crippen LogP contribution in [0.1, 0.15) is 28.1 Å². The van der Waals surface area contributed by atoms with Crippen LogP contribution in [0.2, 0.25) is 0 Å². The SMILES string of the molecule is O=C(c1ccc(N2CCCS2(=O)=O)cc1)N(Cc1cccnc1)Cc1ccco1. The maximum atomic E-state index is 13.2. The number of carbonyl (C=O) groups is 1. The highest BCUT2D eigenvalue weighted by Gasteiger charge is 2.28. The summed E-state index contributed by atoms with van der Waals surface area (Å²) < 4.78 is 31.0. The fraction of sp³-hybridized carbons (Fsp3) is 0.238. The number of hydrogen-bond acceptors (Lipinski definition) is 5. The fourth-order valence-electron chi connectivity index (χ4n) is 3.38. The Morgan fingerprint density at radius 2 is 1.93 bits per heavy atom. The summed E-state index contributed by atoms with van der Waals surface area (Å²) >= 11 is 0. The van der Waals surface area contributed by atoms with E-state index in [9.17, 15) is 13.2 Å². The quantitative estimate of drug-likeness (QED) is 0.622. The van der Waals surface area contributed by atoms with Crippen molar-refractivity contribution in [2.24, 2.45) is 0 Å². The number of carbonyl (C=O) groups excluding carboxylic acids is 1. The van der Waals surface area contributed by atoms with Crippen molar-refractivity contribution in [2.45, 2.75) is 19.5 Å². The first-order valence-corrected chi connectivity index (χ1v) is 10.9. The number of rotatable bonds is 6. The molecule has 0 radical (unpaired) electrons.